The summed E-state index contributed by atoms with van der Waals surface area (Å²) in [5.41, 5.74) is 2.13. The fourth-order valence-corrected chi connectivity index (χ4v) is 3.84. The average Bonchev–Trinajstić information content (AvgIpc) is 3.01. The second-order valence-corrected chi connectivity index (χ2v) is 7.46. The Balaban J connectivity index is 1.30. The van der Waals surface area contributed by atoms with Gasteiger partial charge in [-0.25, -0.2) is 4.98 Å². The molecule has 5 heteroatoms. The predicted octanol–water partition coefficient (Wildman–Crippen LogP) is 3.33. The van der Waals surface area contributed by atoms with E-state index in [4.69, 9.17) is 4.74 Å². The summed E-state index contributed by atoms with van der Waals surface area (Å²) in [6, 6.07) is 12.1. The predicted molar refractivity (Wildman–Crippen MR) is 106 cm³/mol. The van der Waals surface area contributed by atoms with Gasteiger partial charge in [-0.1, -0.05) is 37.1 Å². The first-order valence-corrected chi connectivity index (χ1v) is 9.98. The molecule has 2 aliphatic heterocycles. The number of aromatic nitrogens is 1. The van der Waals surface area contributed by atoms with Crippen molar-refractivity contribution >= 4 is 11.7 Å². The molecular weight excluding hydrogens is 338 g/mol. The monoisotopic (exact) mass is 365 g/mol. The smallest absolute Gasteiger partial charge is 0.227 e. The van der Waals surface area contributed by atoms with E-state index in [9.17, 15) is 4.79 Å². The average molecular weight is 365 g/mol. The van der Waals surface area contributed by atoms with Crippen molar-refractivity contribution in [1.82, 2.24) is 10.3 Å². The zero-order valence-electron chi connectivity index (χ0n) is 15.7. The van der Waals surface area contributed by atoms with Gasteiger partial charge in [0.05, 0.1) is 5.92 Å². The first kappa shape index (κ1) is 17.8. The Morgan fingerprint density at radius 2 is 1.93 bits per heavy atom. The molecule has 5 nitrogen and oxygen atoms in total. The van der Waals surface area contributed by atoms with Crippen molar-refractivity contribution in [3.63, 3.8) is 0 Å². The summed E-state index contributed by atoms with van der Waals surface area (Å²) in [5, 5.41) is 3.04. The topological polar surface area (TPSA) is 54.5 Å². The van der Waals surface area contributed by atoms with Crippen molar-refractivity contribution in [2.45, 2.75) is 38.6 Å². The number of anilines is 1. The van der Waals surface area contributed by atoms with E-state index in [-0.39, 0.29) is 11.8 Å². The number of nitrogens with one attached hydrogen (secondary N) is 1. The summed E-state index contributed by atoms with van der Waals surface area (Å²) in [6.07, 6.45) is 7.73. The second-order valence-electron chi connectivity index (χ2n) is 7.46. The van der Waals surface area contributed by atoms with Gasteiger partial charge in [-0.05, 0) is 42.5 Å². The number of carbonyl (C=O) groups excluding carboxylic acids is 1. The van der Waals surface area contributed by atoms with Gasteiger partial charge < -0.3 is 15.0 Å². The van der Waals surface area contributed by atoms with Crippen molar-refractivity contribution in [3.05, 3.63) is 53.7 Å². The lowest BCUT2D eigenvalue weighted by molar-refractivity contribution is -0.126. The van der Waals surface area contributed by atoms with Gasteiger partial charge in [0, 0.05) is 25.8 Å². The van der Waals surface area contributed by atoms with Crippen LogP contribution < -0.4 is 15.0 Å². The molecule has 0 unspecified atom stereocenters. The maximum absolute atomic E-state index is 12.5. The van der Waals surface area contributed by atoms with Gasteiger partial charge in [0.15, 0.2) is 0 Å². The van der Waals surface area contributed by atoms with Crippen LogP contribution in [0.25, 0.3) is 0 Å². The van der Waals surface area contributed by atoms with Crippen LogP contribution in [0.1, 0.15) is 36.8 Å². The molecule has 4 rings (SSSR count). The molecule has 0 aliphatic carbocycles. The Labute approximate surface area is 160 Å². The molecule has 0 saturated carbocycles. The Bertz CT molecular complexity index is 767. The minimum Gasteiger partial charge on any atom is -0.492 e. The molecule has 0 radical (unpaired) electrons. The lowest BCUT2D eigenvalue weighted by Crippen LogP contribution is -2.37. The number of para-hydroxylation sites is 1. The third-order valence-corrected chi connectivity index (χ3v) is 5.46. The molecule has 0 spiro atoms. The van der Waals surface area contributed by atoms with E-state index in [1.807, 2.05) is 30.5 Å². The van der Waals surface area contributed by atoms with Gasteiger partial charge in [-0.15, -0.1) is 0 Å². The van der Waals surface area contributed by atoms with Crippen molar-refractivity contribution in [2.75, 3.05) is 24.6 Å². The Kier molecular flexibility index (Phi) is 5.56. The summed E-state index contributed by atoms with van der Waals surface area (Å²) in [7, 11) is 0. The summed E-state index contributed by atoms with van der Waals surface area (Å²) < 4.78 is 5.72. The maximum Gasteiger partial charge on any atom is 0.227 e. The highest BCUT2D eigenvalue weighted by Gasteiger charge is 2.25. The van der Waals surface area contributed by atoms with Crippen LogP contribution in [-0.4, -0.2) is 30.6 Å². The van der Waals surface area contributed by atoms with E-state index >= 15 is 0 Å². The first-order chi connectivity index (χ1) is 13.3. The van der Waals surface area contributed by atoms with Crippen LogP contribution in [0.15, 0.2) is 42.6 Å². The second kappa shape index (κ2) is 8.42. The number of rotatable bonds is 4. The molecule has 1 fully saturated rings. The molecule has 1 aromatic heterocycles. The number of ether oxygens (including phenoxy) is 1. The zero-order chi connectivity index (χ0) is 18.5. The lowest BCUT2D eigenvalue weighted by Gasteiger charge is -2.24. The summed E-state index contributed by atoms with van der Waals surface area (Å²) in [6.45, 7) is 3.12. The molecule has 1 aromatic carbocycles. The molecule has 1 N–H and O–H groups in total. The highest BCUT2D eigenvalue weighted by Crippen LogP contribution is 2.26. The fourth-order valence-electron chi connectivity index (χ4n) is 3.84. The van der Waals surface area contributed by atoms with Crippen LogP contribution in [0.3, 0.4) is 0 Å². The molecule has 3 heterocycles. The van der Waals surface area contributed by atoms with E-state index in [1.165, 1.54) is 25.7 Å². The molecule has 1 amide bonds. The van der Waals surface area contributed by atoms with Crippen LogP contribution in [0, 0.1) is 5.92 Å². The third kappa shape index (κ3) is 4.41. The minimum absolute atomic E-state index is 0.0427. The lowest BCUT2D eigenvalue weighted by atomic mass is 9.96. The van der Waals surface area contributed by atoms with Crippen LogP contribution in [0.2, 0.25) is 0 Å². The molecule has 2 aliphatic rings. The molecule has 0 bridgehead atoms. The Hall–Kier alpha value is -2.56. The molecule has 1 saturated heterocycles. The normalized spacial score (nSPS) is 19.6. The summed E-state index contributed by atoms with van der Waals surface area (Å²) in [4.78, 5) is 19.5. The van der Waals surface area contributed by atoms with Crippen molar-refractivity contribution in [1.29, 1.82) is 0 Å². The van der Waals surface area contributed by atoms with E-state index in [0.717, 1.165) is 42.2 Å². The molecule has 1 atom stereocenters. The maximum atomic E-state index is 12.5. The molecule has 2 aromatic rings. The van der Waals surface area contributed by atoms with Gasteiger partial charge >= 0.3 is 0 Å². The number of hydrogen-bond acceptors (Lipinski definition) is 4. The highest BCUT2D eigenvalue weighted by atomic mass is 16.5. The van der Waals surface area contributed by atoms with Gasteiger partial charge in [0.2, 0.25) is 5.91 Å². The number of nitrogens with zero attached hydrogens (tertiary/aromatic N) is 2. The molecule has 142 valence electrons. The first-order valence-electron chi connectivity index (χ1n) is 9.98. The van der Waals surface area contributed by atoms with Crippen LogP contribution in [0.5, 0.6) is 5.75 Å². The number of amides is 1. The molecule has 27 heavy (non-hydrogen) atoms. The summed E-state index contributed by atoms with van der Waals surface area (Å²) >= 11 is 0. The van der Waals surface area contributed by atoms with Crippen LogP contribution in [0.4, 0.5) is 5.82 Å². The van der Waals surface area contributed by atoms with Crippen molar-refractivity contribution < 1.29 is 9.53 Å². The highest BCUT2D eigenvalue weighted by molar-refractivity contribution is 5.79. The standard InChI is InChI=1S/C22H27N3O2/c26-22(19-13-18-7-3-4-8-20(18)27-16-19)24-15-17-9-10-21(23-14-17)25-11-5-1-2-6-12-25/h3-4,7-10,14,19H,1-2,5-6,11-13,15-16H2,(H,24,26)/t19-/m0/s1. The van der Waals surface area contributed by atoms with Gasteiger partial charge in [0.25, 0.3) is 0 Å². The van der Waals surface area contributed by atoms with Gasteiger partial charge in [-0.2, -0.15) is 0 Å². The molecular formula is C22H27N3O2. The number of carbonyl (C=O) groups is 1. The van der Waals surface area contributed by atoms with Crippen molar-refractivity contribution in [2.24, 2.45) is 5.92 Å². The van der Waals surface area contributed by atoms with Gasteiger partial charge in [0.1, 0.15) is 18.2 Å². The van der Waals surface area contributed by atoms with E-state index in [2.05, 4.69) is 27.3 Å². The quantitative estimate of drug-likeness (QED) is 0.903. The largest absolute Gasteiger partial charge is 0.492 e. The summed E-state index contributed by atoms with van der Waals surface area (Å²) in [5.74, 6) is 1.85. The van der Waals surface area contributed by atoms with Crippen LogP contribution >= 0.6 is 0 Å². The van der Waals surface area contributed by atoms with Crippen molar-refractivity contribution in [3.8, 4) is 5.75 Å². The van der Waals surface area contributed by atoms with E-state index in [0.29, 0.717) is 13.2 Å². The zero-order valence-corrected chi connectivity index (χ0v) is 15.7. The Morgan fingerprint density at radius 3 is 2.70 bits per heavy atom. The Morgan fingerprint density at radius 1 is 1.11 bits per heavy atom. The number of benzene rings is 1. The SMILES string of the molecule is O=C(NCc1ccc(N2CCCCCC2)nc1)[C@@H]1COc2ccccc2C1. The number of pyridine rings is 1. The van der Waals surface area contributed by atoms with E-state index < -0.39 is 0 Å². The number of hydrogen-bond donors (Lipinski definition) is 1. The van der Waals surface area contributed by atoms with Gasteiger partial charge in [-0.3, -0.25) is 4.79 Å². The number of fused-ring (bicyclic) bond motifs is 1. The van der Waals surface area contributed by atoms with Crippen LogP contribution in [-0.2, 0) is 17.8 Å². The minimum atomic E-state index is -0.135. The van der Waals surface area contributed by atoms with E-state index in [1.54, 1.807) is 0 Å². The fraction of sp³-hybridized carbons (Fsp3) is 0.455. The third-order valence-electron chi connectivity index (χ3n) is 5.46.